The van der Waals surface area contributed by atoms with Gasteiger partial charge in [0.1, 0.15) is 18.1 Å². The van der Waals surface area contributed by atoms with E-state index in [2.05, 4.69) is 53.1 Å². The Morgan fingerprint density at radius 2 is 1.11 bits per heavy atom. The first-order valence-electron chi connectivity index (χ1n) is 13.5. The van der Waals surface area contributed by atoms with Crippen molar-refractivity contribution in [2.45, 2.75) is 32.6 Å². The van der Waals surface area contributed by atoms with Gasteiger partial charge in [-0.15, -0.1) is 0 Å². The summed E-state index contributed by atoms with van der Waals surface area (Å²) in [7, 11) is 0. The Balaban J connectivity index is 0.000000103. The SMILES string of the molecule is c1ccc2c(c1)CCNC2.c1ccc2c(c1)CCO2.c1ccc2c(c1)COC2.c1ccc2c(c1)NCCO2. The van der Waals surface area contributed by atoms with E-state index < -0.39 is 0 Å². The number of anilines is 1. The molecule has 0 fully saturated rings. The van der Waals surface area contributed by atoms with E-state index in [0.717, 1.165) is 69.7 Å². The molecule has 8 rings (SSSR count). The highest BCUT2D eigenvalue weighted by Crippen LogP contribution is 2.25. The molecule has 0 atom stereocenters. The van der Waals surface area contributed by atoms with Crippen LogP contribution in [0.3, 0.4) is 0 Å². The molecule has 0 saturated carbocycles. The largest absolute Gasteiger partial charge is 0.493 e. The summed E-state index contributed by atoms with van der Waals surface area (Å²) in [6, 6.07) is 33.1. The van der Waals surface area contributed by atoms with Gasteiger partial charge in [0.2, 0.25) is 0 Å². The van der Waals surface area contributed by atoms with Gasteiger partial charge in [-0.1, -0.05) is 78.9 Å². The molecule has 5 nitrogen and oxygen atoms in total. The standard InChI is InChI=1S/C9H11N.C8H9NO.2C8H8O/c1-2-4-9-7-10-6-5-8(9)3-1;1-2-4-8-7(3-1)9-5-6-10-8;1-2-4-8-6-9-5-7(8)3-1;1-2-4-8-7(3-1)5-6-9-8/h1-4,10H,5-7H2;1-4,9H,5-6H2;2*1-4H,5-6H2. The summed E-state index contributed by atoms with van der Waals surface area (Å²) in [4.78, 5) is 0. The number of benzene rings is 4. The summed E-state index contributed by atoms with van der Waals surface area (Å²) in [6.07, 6.45) is 2.27. The third-order valence-electron chi connectivity index (χ3n) is 6.80. The molecule has 0 unspecified atom stereocenters. The first-order chi connectivity index (χ1) is 18.9. The maximum Gasteiger partial charge on any atom is 0.142 e. The molecule has 0 spiro atoms. The van der Waals surface area contributed by atoms with Crippen LogP contribution < -0.4 is 20.1 Å². The van der Waals surface area contributed by atoms with Crippen molar-refractivity contribution in [3.8, 4) is 11.5 Å². The fourth-order valence-electron chi connectivity index (χ4n) is 4.74. The van der Waals surface area contributed by atoms with Crippen molar-refractivity contribution in [3.05, 3.63) is 125 Å². The zero-order valence-electron chi connectivity index (χ0n) is 21.8. The summed E-state index contributed by atoms with van der Waals surface area (Å²) < 4.78 is 15.9. The van der Waals surface area contributed by atoms with Crippen LogP contribution in [0.2, 0.25) is 0 Å². The van der Waals surface area contributed by atoms with Gasteiger partial charge in [0, 0.05) is 19.5 Å². The summed E-state index contributed by atoms with van der Waals surface area (Å²) >= 11 is 0. The molecule has 0 aliphatic carbocycles. The van der Waals surface area contributed by atoms with Crippen molar-refractivity contribution in [3.63, 3.8) is 0 Å². The predicted octanol–water partition coefficient (Wildman–Crippen LogP) is 6.16. The van der Waals surface area contributed by atoms with Crippen LogP contribution in [-0.2, 0) is 37.3 Å². The smallest absolute Gasteiger partial charge is 0.142 e. The fraction of sp³-hybridized carbons (Fsp3) is 0.273. The van der Waals surface area contributed by atoms with Crippen LogP contribution >= 0.6 is 0 Å². The molecular weight excluding hydrogens is 472 g/mol. The monoisotopic (exact) mass is 508 g/mol. The van der Waals surface area contributed by atoms with Gasteiger partial charge in [0.15, 0.2) is 0 Å². The minimum Gasteiger partial charge on any atom is -0.493 e. The Morgan fingerprint density at radius 1 is 0.500 bits per heavy atom. The number of ether oxygens (including phenoxy) is 3. The van der Waals surface area contributed by atoms with Crippen LogP contribution in [-0.4, -0.2) is 26.3 Å². The molecule has 38 heavy (non-hydrogen) atoms. The number of hydrogen-bond donors (Lipinski definition) is 2. The second kappa shape index (κ2) is 13.7. The topological polar surface area (TPSA) is 51.8 Å². The van der Waals surface area contributed by atoms with Crippen LogP contribution in [0.4, 0.5) is 5.69 Å². The normalized spacial score (nSPS) is 15.4. The van der Waals surface area contributed by atoms with Gasteiger partial charge in [-0.25, -0.2) is 0 Å². The summed E-state index contributed by atoms with van der Waals surface area (Å²) in [5.74, 6) is 2.03. The average molecular weight is 509 g/mol. The Morgan fingerprint density at radius 3 is 1.82 bits per heavy atom. The molecule has 196 valence electrons. The van der Waals surface area contributed by atoms with E-state index in [1.807, 2.05) is 54.6 Å². The molecule has 4 aliphatic heterocycles. The van der Waals surface area contributed by atoms with Crippen molar-refractivity contribution in [1.82, 2.24) is 5.32 Å². The van der Waals surface area contributed by atoms with Crippen LogP contribution in [0.5, 0.6) is 11.5 Å². The Labute approximate surface area is 225 Å². The Kier molecular flexibility index (Phi) is 9.29. The maximum absolute atomic E-state index is 5.36. The third-order valence-corrected chi connectivity index (χ3v) is 6.80. The van der Waals surface area contributed by atoms with Crippen LogP contribution in [0.1, 0.15) is 27.8 Å². The second-order valence-electron chi connectivity index (χ2n) is 9.43. The molecule has 4 aromatic carbocycles. The molecular formula is C33H36N2O3. The molecule has 4 heterocycles. The highest BCUT2D eigenvalue weighted by Gasteiger charge is 2.09. The Bertz CT molecular complexity index is 1110. The minimum atomic E-state index is 0.775. The molecule has 4 aliphatic rings. The number of nitrogens with one attached hydrogen (secondary N) is 2. The second-order valence-corrected chi connectivity index (χ2v) is 9.43. The molecule has 0 aromatic heterocycles. The fourth-order valence-corrected chi connectivity index (χ4v) is 4.74. The summed E-state index contributed by atoms with van der Waals surface area (Å²) in [5.41, 5.74) is 8.12. The maximum atomic E-state index is 5.36. The van der Waals surface area contributed by atoms with E-state index in [1.165, 1.54) is 34.2 Å². The predicted molar refractivity (Wildman–Crippen MR) is 153 cm³/mol. The van der Waals surface area contributed by atoms with Crippen molar-refractivity contribution in [2.75, 3.05) is 31.6 Å². The van der Waals surface area contributed by atoms with Gasteiger partial charge >= 0.3 is 0 Å². The number of hydrogen-bond acceptors (Lipinski definition) is 5. The lowest BCUT2D eigenvalue weighted by atomic mass is 10.0. The van der Waals surface area contributed by atoms with Gasteiger partial charge in [-0.05, 0) is 59.0 Å². The van der Waals surface area contributed by atoms with Crippen LogP contribution in [0.15, 0.2) is 97.1 Å². The van der Waals surface area contributed by atoms with Crippen molar-refractivity contribution < 1.29 is 14.2 Å². The van der Waals surface area contributed by atoms with Crippen LogP contribution in [0, 0.1) is 0 Å². The van der Waals surface area contributed by atoms with Crippen LogP contribution in [0.25, 0.3) is 0 Å². The average Bonchev–Trinajstić information content (AvgIpc) is 3.68. The zero-order valence-corrected chi connectivity index (χ0v) is 21.8. The molecule has 0 saturated heterocycles. The van der Waals surface area contributed by atoms with Gasteiger partial charge in [0.05, 0.1) is 25.5 Å². The van der Waals surface area contributed by atoms with E-state index in [9.17, 15) is 0 Å². The van der Waals surface area contributed by atoms with E-state index in [4.69, 9.17) is 14.2 Å². The first-order valence-corrected chi connectivity index (χ1v) is 13.5. The van der Waals surface area contributed by atoms with Gasteiger partial charge in [-0.3, -0.25) is 0 Å². The van der Waals surface area contributed by atoms with E-state index in [-0.39, 0.29) is 0 Å². The first kappa shape index (κ1) is 25.8. The number of para-hydroxylation sites is 3. The molecule has 5 heteroatoms. The lowest BCUT2D eigenvalue weighted by Crippen LogP contribution is -2.23. The van der Waals surface area contributed by atoms with Crippen molar-refractivity contribution >= 4 is 5.69 Å². The van der Waals surface area contributed by atoms with E-state index in [0.29, 0.717) is 0 Å². The minimum absolute atomic E-state index is 0.775. The molecule has 0 radical (unpaired) electrons. The highest BCUT2D eigenvalue weighted by molar-refractivity contribution is 5.57. The Hall–Kier alpha value is -3.80. The van der Waals surface area contributed by atoms with Crippen molar-refractivity contribution in [1.29, 1.82) is 0 Å². The molecule has 4 aromatic rings. The lowest BCUT2D eigenvalue weighted by molar-refractivity contribution is 0.134. The van der Waals surface area contributed by atoms with Gasteiger partial charge in [-0.2, -0.15) is 0 Å². The molecule has 2 N–H and O–H groups in total. The number of rotatable bonds is 0. The molecule has 0 amide bonds. The quantitative estimate of drug-likeness (QED) is 0.298. The van der Waals surface area contributed by atoms with Gasteiger partial charge in [0.25, 0.3) is 0 Å². The van der Waals surface area contributed by atoms with E-state index >= 15 is 0 Å². The third kappa shape index (κ3) is 7.15. The zero-order chi connectivity index (χ0) is 25.8. The van der Waals surface area contributed by atoms with Crippen molar-refractivity contribution in [2.24, 2.45) is 0 Å². The summed E-state index contributed by atoms with van der Waals surface area (Å²) in [6.45, 7) is 6.34. The highest BCUT2D eigenvalue weighted by atomic mass is 16.5. The lowest BCUT2D eigenvalue weighted by Gasteiger charge is -2.17. The summed E-state index contributed by atoms with van der Waals surface area (Å²) in [5, 5.41) is 6.58. The van der Waals surface area contributed by atoms with E-state index in [1.54, 1.807) is 0 Å². The number of fused-ring (bicyclic) bond motifs is 4. The van der Waals surface area contributed by atoms with Gasteiger partial charge < -0.3 is 24.8 Å². The molecule has 0 bridgehead atoms.